The van der Waals surface area contributed by atoms with Crippen LogP contribution in [0.1, 0.15) is 22.8 Å². The van der Waals surface area contributed by atoms with Crippen LogP contribution in [0.4, 0.5) is 11.5 Å². The number of nitrogens with one attached hydrogen (secondary N) is 1. The minimum atomic E-state index is -0.686. The van der Waals surface area contributed by atoms with Crippen molar-refractivity contribution < 1.29 is 9.59 Å². The minimum absolute atomic E-state index is 0.0899. The van der Waals surface area contributed by atoms with Crippen LogP contribution >= 0.6 is 0 Å². The van der Waals surface area contributed by atoms with Crippen molar-refractivity contribution in [1.82, 2.24) is 18.9 Å². The first-order chi connectivity index (χ1) is 15.1. The van der Waals surface area contributed by atoms with Crippen molar-refractivity contribution in [3.63, 3.8) is 0 Å². The Bertz CT molecular complexity index is 1130. The van der Waals surface area contributed by atoms with Gasteiger partial charge in [0.15, 0.2) is 5.78 Å². The second kappa shape index (κ2) is 9.49. The Kier molecular flexibility index (Phi) is 6.95. The number of aryl methyl sites for hydroxylation is 1. The molecule has 1 saturated heterocycles. The van der Waals surface area contributed by atoms with Gasteiger partial charge < -0.3 is 11.1 Å². The third-order valence-electron chi connectivity index (χ3n) is 5.99. The lowest BCUT2D eigenvalue weighted by atomic mass is 10.0. The monoisotopic (exact) mass is 442 g/mol. The second-order valence-corrected chi connectivity index (χ2v) is 8.23. The molecule has 172 valence electrons. The summed E-state index contributed by atoms with van der Waals surface area (Å²) in [5.41, 5.74) is 6.39. The molecule has 10 nitrogen and oxygen atoms in total. The lowest BCUT2D eigenvalue weighted by molar-refractivity contribution is -0.117. The Hall–Kier alpha value is -3.24. The zero-order chi connectivity index (χ0) is 23.6. The lowest BCUT2D eigenvalue weighted by Crippen LogP contribution is -2.54. The van der Waals surface area contributed by atoms with E-state index < -0.39 is 23.1 Å². The number of nitrogen functional groups attached to an aromatic ring is 1. The number of hydrogen-bond acceptors (Lipinski definition) is 7. The molecule has 1 aromatic carbocycles. The van der Waals surface area contributed by atoms with Gasteiger partial charge in [-0.15, -0.1) is 0 Å². The predicted molar refractivity (Wildman–Crippen MR) is 123 cm³/mol. The molecule has 0 saturated carbocycles. The largest absolute Gasteiger partial charge is 0.384 e. The molecule has 1 amide bonds. The maximum Gasteiger partial charge on any atom is 0.332 e. The standard InChI is InChI=1S/C22H30N6O4/c1-14-5-7-16(8-6-14)24-17(29)13-27-9-11-28(12-10-27)15(2)19(30)18-20(23)25(3)22(32)26(4)21(18)31/h5-8,15H,9-13,23H2,1-4H3,(H,24,29). The predicted octanol–water partition coefficient (Wildman–Crippen LogP) is -0.198. The lowest BCUT2D eigenvalue weighted by Gasteiger charge is -2.37. The number of ketones is 1. The number of aromatic nitrogens is 2. The molecule has 1 unspecified atom stereocenters. The first-order valence-electron chi connectivity index (χ1n) is 10.5. The van der Waals surface area contributed by atoms with Crippen LogP contribution in [-0.4, -0.2) is 69.4 Å². The molecular formula is C22H30N6O4. The summed E-state index contributed by atoms with van der Waals surface area (Å²) in [5, 5.41) is 2.89. The Morgan fingerprint density at radius 1 is 1.03 bits per heavy atom. The molecule has 1 aliphatic rings. The van der Waals surface area contributed by atoms with Crippen LogP contribution in [0.15, 0.2) is 33.9 Å². The third-order valence-corrected chi connectivity index (χ3v) is 5.99. The number of anilines is 2. The van der Waals surface area contributed by atoms with Crippen molar-refractivity contribution in [2.75, 3.05) is 43.8 Å². The molecule has 32 heavy (non-hydrogen) atoms. The number of piperazine rings is 1. The van der Waals surface area contributed by atoms with Gasteiger partial charge in [0.05, 0.1) is 12.6 Å². The van der Waals surface area contributed by atoms with Crippen molar-refractivity contribution in [3.05, 3.63) is 56.2 Å². The summed E-state index contributed by atoms with van der Waals surface area (Å²) >= 11 is 0. The molecule has 1 fully saturated rings. The summed E-state index contributed by atoms with van der Waals surface area (Å²) in [5.74, 6) is -0.626. The molecular weight excluding hydrogens is 412 g/mol. The minimum Gasteiger partial charge on any atom is -0.384 e. The van der Waals surface area contributed by atoms with Gasteiger partial charge in [0.2, 0.25) is 5.91 Å². The van der Waals surface area contributed by atoms with Crippen molar-refractivity contribution in [3.8, 4) is 0 Å². The second-order valence-electron chi connectivity index (χ2n) is 8.23. The molecule has 0 aliphatic carbocycles. The molecule has 1 atom stereocenters. The van der Waals surface area contributed by atoms with Crippen molar-refractivity contribution in [2.24, 2.45) is 14.1 Å². The van der Waals surface area contributed by atoms with E-state index in [0.29, 0.717) is 26.2 Å². The Morgan fingerprint density at radius 3 is 2.22 bits per heavy atom. The van der Waals surface area contributed by atoms with E-state index in [-0.39, 0.29) is 23.8 Å². The first-order valence-corrected chi connectivity index (χ1v) is 10.5. The van der Waals surface area contributed by atoms with Gasteiger partial charge in [0.25, 0.3) is 5.56 Å². The van der Waals surface area contributed by atoms with E-state index in [2.05, 4.69) is 5.32 Å². The van der Waals surface area contributed by atoms with Gasteiger partial charge in [-0.3, -0.25) is 33.3 Å². The van der Waals surface area contributed by atoms with E-state index in [1.165, 1.54) is 14.1 Å². The highest BCUT2D eigenvalue weighted by Crippen LogP contribution is 2.14. The Balaban J connectivity index is 1.60. The van der Waals surface area contributed by atoms with Gasteiger partial charge in [-0.2, -0.15) is 0 Å². The normalized spacial score (nSPS) is 16.0. The molecule has 10 heteroatoms. The summed E-state index contributed by atoms with van der Waals surface area (Å²) in [6.07, 6.45) is 0. The molecule has 3 rings (SSSR count). The topological polar surface area (TPSA) is 123 Å². The SMILES string of the molecule is Cc1ccc(NC(=O)CN2CCN(C(C)C(=O)c3c(N)n(C)c(=O)n(C)c3=O)CC2)cc1. The van der Waals surface area contributed by atoms with Crippen molar-refractivity contribution >= 4 is 23.2 Å². The third kappa shape index (κ3) is 4.81. The summed E-state index contributed by atoms with van der Waals surface area (Å²) in [6.45, 7) is 6.33. The van der Waals surface area contributed by atoms with Gasteiger partial charge >= 0.3 is 5.69 Å². The van der Waals surface area contributed by atoms with E-state index >= 15 is 0 Å². The maximum atomic E-state index is 13.1. The average molecular weight is 443 g/mol. The first kappa shape index (κ1) is 23.4. The zero-order valence-electron chi connectivity index (χ0n) is 18.9. The van der Waals surface area contributed by atoms with Crippen LogP contribution in [0.3, 0.4) is 0 Å². The zero-order valence-corrected chi connectivity index (χ0v) is 18.9. The highest BCUT2D eigenvalue weighted by molar-refractivity contribution is 6.03. The Morgan fingerprint density at radius 2 is 1.62 bits per heavy atom. The van der Waals surface area contributed by atoms with Gasteiger partial charge in [0.1, 0.15) is 11.4 Å². The number of rotatable bonds is 6. The van der Waals surface area contributed by atoms with Crippen LogP contribution < -0.4 is 22.3 Å². The average Bonchev–Trinajstić information content (AvgIpc) is 2.78. The fraction of sp³-hybridized carbons (Fsp3) is 0.455. The van der Waals surface area contributed by atoms with Crippen LogP contribution in [0, 0.1) is 6.92 Å². The molecule has 1 aromatic heterocycles. The molecule has 0 radical (unpaired) electrons. The highest BCUT2D eigenvalue weighted by Gasteiger charge is 2.30. The quantitative estimate of drug-likeness (QED) is 0.594. The van der Waals surface area contributed by atoms with Gasteiger partial charge in [-0.05, 0) is 26.0 Å². The molecule has 1 aliphatic heterocycles. The van der Waals surface area contributed by atoms with Crippen LogP contribution in [0.5, 0.6) is 0 Å². The number of hydrogen-bond donors (Lipinski definition) is 2. The Labute approximate surface area is 186 Å². The highest BCUT2D eigenvalue weighted by atomic mass is 16.2. The summed E-state index contributed by atoms with van der Waals surface area (Å²) in [7, 11) is 2.75. The summed E-state index contributed by atoms with van der Waals surface area (Å²) in [6, 6.07) is 7.04. The number of benzene rings is 1. The van der Waals surface area contributed by atoms with Crippen LogP contribution in [0.25, 0.3) is 0 Å². The van der Waals surface area contributed by atoms with Gasteiger partial charge in [0, 0.05) is 46.0 Å². The molecule has 3 N–H and O–H groups in total. The molecule has 2 aromatic rings. The fourth-order valence-corrected chi connectivity index (χ4v) is 3.82. The van der Waals surface area contributed by atoms with E-state index in [0.717, 1.165) is 20.4 Å². The van der Waals surface area contributed by atoms with E-state index in [1.54, 1.807) is 6.92 Å². The van der Waals surface area contributed by atoms with Gasteiger partial charge in [-0.1, -0.05) is 17.7 Å². The number of carbonyl (C=O) groups excluding carboxylic acids is 2. The van der Waals surface area contributed by atoms with E-state index in [1.807, 2.05) is 41.0 Å². The molecule has 2 heterocycles. The van der Waals surface area contributed by atoms with E-state index in [4.69, 9.17) is 5.73 Å². The number of carbonyl (C=O) groups is 2. The van der Waals surface area contributed by atoms with Crippen molar-refractivity contribution in [1.29, 1.82) is 0 Å². The summed E-state index contributed by atoms with van der Waals surface area (Å²) in [4.78, 5) is 53.9. The number of nitrogens with two attached hydrogens (primary N) is 1. The summed E-state index contributed by atoms with van der Waals surface area (Å²) < 4.78 is 1.99. The van der Waals surface area contributed by atoms with Crippen LogP contribution in [0.2, 0.25) is 0 Å². The number of nitrogens with zero attached hydrogens (tertiary/aromatic N) is 4. The number of Topliss-reactive ketones (excluding diaryl/α,β-unsaturated/α-hetero) is 1. The van der Waals surface area contributed by atoms with Gasteiger partial charge in [-0.25, -0.2) is 4.79 Å². The van der Waals surface area contributed by atoms with E-state index in [9.17, 15) is 19.2 Å². The van der Waals surface area contributed by atoms with Crippen molar-refractivity contribution in [2.45, 2.75) is 19.9 Å². The molecule has 0 bridgehead atoms. The maximum absolute atomic E-state index is 13.1. The van der Waals surface area contributed by atoms with Crippen LogP contribution in [-0.2, 0) is 18.9 Å². The molecule has 0 spiro atoms. The fourth-order valence-electron chi connectivity index (χ4n) is 3.82. The number of amides is 1. The smallest absolute Gasteiger partial charge is 0.332 e.